The van der Waals surface area contributed by atoms with E-state index in [0.717, 1.165) is 16.9 Å². The number of aliphatic hydroxyl groups is 1. The summed E-state index contributed by atoms with van der Waals surface area (Å²) in [5.74, 6) is -1.35. The number of rotatable bonds is 8. The predicted molar refractivity (Wildman–Crippen MR) is 159 cm³/mol. The molecule has 0 spiro atoms. The summed E-state index contributed by atoms with van der Waals surface area (Å²) in [6.07, 6.45) is 0. The molecule has 7 nitrogen and oxygen atoms in total. The highest BCUT2D eigenvalue weighted by Crippen LogP contribution is 2.44. The number of aromatic nitrogens is 1. The summed E-state index contributed by atoms with van der Waals surface area (Å²) >= 11 is 1.09. The normalized spacial score (nSPS) is 16.2. The first kappa shape index (κ1) is 27.2. The zero-order valence-corrected chi connectivity index (χ0v) is 23.3. The van der Waals surface area contributed by atoms with E-state index in [0.29, 0.717) is 46.1 Å². The molecule has 0 saturated carbocycles. The van der Waals surface area contributed by atoms with Crippen molar-refractivity contribution in [3.63, 3.8) is 0 Å². The van der Waals surface area contributed by atoms with Crippen molar-refractivity contribution in [1.82, 2.24) is 4.98 Å². The van der Waals surface area contributed by atoms with E-state index in [2.05, 4.69) is 4.98 Å². The van der Waals surface area contributed by atoms with Crippen LogP contribution in [0.5, 0.6) is 11.5 Å². The molecule has 1 unspecified atom stereocenters. The summed E-state index contributed by atoms with van der Waals surface area (Å²) < 4.78 is 26.0. The van der Waals surface area contributed by atoms with Crippen LogP contribution in [0, 0.1) is 5.82 Å². The summed E-state index contributed by atoms with van der Waals surface area (Å²) in [5, 5.41) is 11.7. The van der Waals surface area contributed by atoms with Gasteiger partial charge in [0.2, 0.25) is 0 Å². The predicted octanol–water partition coefficient (Wildman–Crippen LogP) is 7.04. The van der Waals surface area contributed by atoms with Crippen LogP contribution in [0.2, 0.25) is 0 Å². The fourth-order valence-corrected chi connectivity index (χ4v) is 5.89. The second-order valence-electron chi connectivity index (χ2n) is 9.58. The molecule has 6 rings (SSSR count). The van der Waals surface area contributed by atoms with Crippen molar-refractivity contribution in [2.45, 2.75) is 19.6 Å². The van der Waals surface area contributed by atoms with Gasteiger partial charge in [0, 0.05) is 5.56 Å². The Kier molecular flexibility index (Phi) is 7.41. The minimum Gasteiger partial charge on any atom is -0.507 e. The van der Waals surface area contributed by atoms with Gasteiger partial charge in [0.25, 0.3) is 5.78 Å². The van der Waals surface area contributed by atoms with E-state index in [4.69, 9.17) is 9.47 Å². The van der Waals surface area contributed by atoms with Crippen molar-refractivity contribution in [3.8, 4) is 11.5 Å². The van der Waals surface area contributed by atoms with Crippen LogP contribution in [0.1, 0.15) is 29.7 Å². The number of anilines is 1. The lowest BCUT2D eigenvalue weighted by Gasteiger charge is -2.23. The van der Waals surface area contributed by atoms with Crippen molar-refractivity contribution < 1.29 is 28.6 Å². The molecule has 1 aliphatic heterocycles. The van der Waals surface area contributed by atoms with Gasteiger partial charge in [-0.1, -0.05) is 65.9 Å². The number of fused-ring (bicyclic) bond motifs is 1. The number of carbonyl (C=O) groups is 2. The third kappa shape index (κ3) is 5.22. The highest BCUT2D eigenvalue weighted by molar-refractivity contribution is 7.22. The van der Waals surface area contributed by atoms with Gasteiger partial charge in [-0.2, -0.15) is 0 Å². The second kappa shape index (κ2) is 11.5. The first-order chi connectivity index (χ1) is 20.4. The van der Waals surface area contributed by atoms with Crippen LogP contribution >= 0.6 is 11.3 Å². The first-order valence-electron chi connectivity index (χ1n) is 13.3. The van der Waals surface area contributed by atoms with Gasteiger partial charge in [-0.15, -0.1) is 0 Å². The Balaban J connectivity index is 1.43. The van der Waals surface area contributed by atoms with Crippen molar-refractivity contribution in [3.05, 3.63) is 125 Å². The van der Waals surface area contributed by atoms with Crippen molar-refractivity contribution in [1.29, 1.82) is 0 Å². The van der Waals surface area contributed by atoms with E-state index in [1.807, 2.05) is 37.3 Å². The number of nitrogens with zero attached hydrogens (tertiary/aromatic N) is 2. The Bertz CT molecular complexity index is 1820. The summed E-state index contributed by atoms with van der Waals surface area (Å²) in [6, 6.07) is 26.6. The number of carbonyl (C=O) groups excluding carboxylic acids is 2. The fourth-order valence-electron chi connectivity index (χ4n) is 4.88. The Morgan fingerprint density at radius 1 is 0.929 bits per heavy atom. The third-order valence-corrected chi connectivity index (χ3v) is 7.87. The van der Waals surface area contributed by atoms with E-state index in [-0.39, 0.29) is 16.5 Å². The number of ether oxygens (including phenoxy) is 2. The van der Waals surface area contributed by atoms with Gasteiger partial charge >= 0.3 is 5.91 Å². The van der Waals surface area contributed by atoms with Gasteiger partial charge < -0.3 is 14.6 Å². The Labute approximate surface area is 245 Å². The molecule has 5 aromatic rings. The van der Waals surface area contributed by atoms with E-state index in [1.54, 1.807) is 48.5 Å². The van der Waals surface area contributed by atoms with E-state index >= 15 is 0 Å². The molecule has 0 bridgehead atoms. The molecule has 1 saturated heterocycles. The van der Waals surface area contributed by atoms with Gasteiger partial charge in [0.15, 0.2) is 5.13 Å². The molecule has 2 heterocycles. The summed E-state index contributed by atoms with van der Waals surface area (Å²) in [7, 11) is 0. The number of ketones is 1. The maximum atomic E-state index is 13.9. The van der Waals surface area contributed by atoms with E-state index < -0.39 is 23.5 Å². The number of amides is 1. The van der Waals surface area contributed by atoms with Crippen LogP contribution in [0.15, 0.2) is 103 Å². The molecule has 1 aliphatic rings. The molecule has 1 atom stereocenters. The van der Waals surface area contributed by atoms with Crippen molar-refractivity contribution >= 4 is 44.1 Å². The standard InChI is InChI=1S/C33H25FN2O5S/c1-2-40-25-10-6-9-22(17-25)30(37)28-29(21-11-14-24(15-12-21)41-19-20-7-4-3-5-8-20)36(32(39)31(28)38)33-35-26-16-13-23(34)18-27(26)42-33/h3-18,29,37H,2,19H2,1H3. The molecule has 0 radical (unpaired) electrons. The van der Waals surface area contributed by atoms with Crippen LogP contribution in [0.25, 0.3) is 16.0 Å². The number of benzene rings is 4. The quantitative estimate of drug-likeness (QED) is 0.120. The Morgan fingerprint density at radius 2 is 1.71 bits per heavy atom. The largest absolute Gasteiger partial charge is 0.507 e. The monoisotopic (exact) mass is 580 g/mol. The van der Waals surface area contributed by atoms with Crippen LogP contribution in [0.3, 0.4) is 0 Å². The van der Waals surface area contributed by atoms with Crippen molar-refractivity contribution in [2.24, 2.45) is 0 Å². The van der Waals surface area contributed by atoms with Gasteiger partial charge in [-0.3, -0.25) is 14.5 Å². The molecule has 9 heteroatoms. The summed E-state index contributed by atoms with van der Waals surface area (Å²) in [6.45, 7) is 2.64. The lowest BCUT2D eigenvalue weighted by atomic mass is 9.95. The number of hydrogen-bond acceptors (Lipinski definition) is 7. The van der Waals surface area contributed by atoms with E-state index in [9.17, 15) is 19.1 Å². The van der Waals surface area contributed by atoms with Gasteiger partial charge in [-0.05, 0) is 60.5 Å². The average molecular weight is 581 g/mol. The van der Waals surface area contributed by atoms with Crippen LogP contribution < -0.4 is 14.4 Å². The maximum absolute atomic E-state index is 13.9. The van der Waals surface area contributed by atoms with Crippen molar-refractivity contribution in [2.75, 3.05) is 11.5 Å². The number of halogens is 1. The van der Waals surface area contributed by atoms with Crippen LogP contribution in [-0.2, 0) is 16.2 Å². The topological polar surface area (TPSA) is 89.0 Å². The first-order valence-corrected chi connectivity index (χ1v) is 14.1. The van der Waals surface area contributed by atoms with Crippen LogP contribution in [-0.4, -0.2) is 28.4 Å². The Hall–Kier alpha value is -5.02. The minimum absolute atomic E-state index is 0.0861. The molecule has 1 N–H and O–H groups in total. The molecular weight excluding hydrogens is 555 g/mol. The van der Waals surface area contributed by atoms with Gasteiger partial charge in [-0.25, -0.2) is 9.37 Å². The molecule has 210 valence electrons. The molecule has 4 aromatic carbocycles. The maximum Gasteiger partial charge on any atom is 0.301 e. The number of hydrogen-bond donors (Lipinski definition) is 1. The smallest absolute Gasteiger partial charge is 0.301 e. The fraction of sp³-hybridized carbons (Fsp3) is 0.121. The van der Waals surface area contributed by atoms with Crippen LogP contribution in [0.4, 0.5) is 9.52 Å². The van der Waals surface area contributed by atoms with Gasteiger partial charge in [0.1, 0.15) is 29.7 Å². The average Bonchev–Trinajstić information content (AvgIpc) is 3.54. The Morgan fingerprint density at radius 3 is 2.48 bits per heavy atom. The molecular formula is C33H25FN2O5S. The lowest BCUT2D eigenvalue weighted by molar-refractivity contribution is -0.132. The zero-order chi connectivity index (χ0) is 29.2. The summed E-state index contributed by atoms with van der Waals surface area (Å²) in [4.78, 5) is 32.9. The third-order valence-electron chi connectivity index (χ3n) is 6.85. The molecule has 1 fully saturated rings. The number of thiazole rings is 1. The molecule has 42 heavy (non-hydrogen) atoms. The SMILES string of the molecule is CCOc1cccc(C(O)=C2C(=O)C(=O)N(c3nc4ccc(F)cc4s3)C2c2ccc(OCc3ccccc3)cc2)c1. The highest BCUT2D eigenvalue weighted by atomic mass is 32.1. The molecule has 1 aromatic heterocycles. The zero-order valence-electron chi connectivity index (χ0n) is 22.5. The lowest BCUT2D eigenvalue weighted by Crippen LogP contribution is -2.29. The number of aliphatic hydroxyl groups excluding tert-OH is 1. The minimum atomic E-state index is -0.991. The molecule has 0 aliphatic carbocycles. The molecule has 1 amide bonds. The highest BCUT2D eigenvalue weighted by Gasteiger charge is 2.48. The van der Waals surface area contributed by atoms with Gasteiger partial charge in [0.05, 0.1) is 28.4 Å². The summed E-state index contributed by atoms with van der Waals surface area (Å²) in [5.41, 5.74) is 2.31. The number of Topliss-reactive ketones (excluding diaryl/α,β-unsaturated/α-hetero) is 1. The van der Waals surface area contributed by atoms with E-state index in [1.165, 1.54) is 23.1 Å². The second-order valence-corrected chi connectivity index (χ2v) is 10.6.